The first kappa shape index (κ1) is 23.3. The van der Waals surface area contributed by atoms with Crippen LogP contribution in [0.5, 0.6) is 5.75 Å². The third-order valence-corrected chi connectivity index (χ3v) is 5.67. The number of amides is 1. The van der Waals surface area contributed by atoms with Crippen molar-refractivity contribution in [2.75, 3.05) is 12.4 Å². The van der Waals surface area contributed by atoms with Gasteiger partial charge in [-0.05, 0) is 73.2 Å². The highest BCUT2D eigenvalue weighted by Gasteiger charge is 2.18. The van der Waals surface area contributed by atoms with Gasteiger partial charge < -0.3 is 10.1 Å². The fraction of sp³-hybridized carbons (Fsp3) is 0.0909. The molecule has 0 aliphatic heterocycles. The Morgan fingerprint density at radius 3 is 2.33 bits per heavy atom. The Labute approximate surface area is 209 Å². The molecular weight excluding hydrogens is 505 g/mol. The molecule has 168 valence electrons. The summed E-state index contributed by atoms with van der Waals surface area (Å²) in [6.45, 7) is 1.90. The zero-order valence-electron chi connectivity index (χ0n) is 17.3. The molecule has 0 spiro atoms. The maximum atomic E-state index is 12.7. The van der Waals surface area contributed by atoms with E-state index < -0.39 is 5.91 Å². The number of methoxy groups -OCH3 is 1. The van der Waals surface area contributed by atoms with E-state index in [2.05, 4.69) is 20.8 Å². The minimum absolute atomic E-state index is 0.0886. The topological polar surface area (TPSA) is 81.1 Å². The van der Waals surface area contributed by atoms with Gasteiger partial charge in [0, 0.05) is 15.7 Å². The van der Waals surface area contributed by atoms with Crippen LogP contribution in [0.4, 0.5) is 5.69 Å². The standard InChI is InChI=1S/C22H16Cl3N5O2S/c1-11-7-18-19(29-30(28-18)14-5-3-12(23)4-6-14)10-17(11)26-22(33)27-21(31)15-8-13(24)9-16(25)20(15)32-2/h3-10H,1-2H3,(H2,26,27,31,33). The average Bonchev–Trinajstić information content (AvgIpc) is 3.16. The number of rotatable bonds is 4. The number of nitrogens with one attached hydrogen (secondary N) is 2. The molecule has 33 heavy (non-hydrogen) atoms. The van der Waals surface area contributed by atoms with Gasteiger partial charge in [0.15, 0.2) is 5.11 Å². The van der Waals surface area contributed by atoms with Crippen molar-refractivity contribution in [1.29, 1.82) is 0 Å². The minimum atomic E-state index is -0.513. The lowest BCUT2D eigenvalue weighted by atomic mass is 10.1. The molecule has 0 radical (unpaired) electrons. The summed E-state index contributed by atoms with van der Waals surface area (Å²) in [6, 6.07) is 13.8. The summed E-state index contributed by atoms with van der Waals surface area (Å²) in [4.78, 5) is 14.3. The van der Waals surface area contributed by atoms with Gasteiger partial charge >= 0.3 is 0 Å². The Morgan fingerprint density at radius 1 is 1.00 bits per heavy atom. The zero-order valence-corrected chi connectivity index (χ0v) is 20.4. The van der Waals surface area contributed by atoms with Crippen molar-refractivity contribution in [2.24, 2.45) is 0 Å². The average molecular weight is 521 g/mol. The molecule has 0 bridgehead atoms. The number of aromatic nitrogens is 3. The Balaban J connectivity index is 1.55. The predicted octanol–water partition coefficient (Wildman–Crippen LogP) is 5.82. The number of halogens is 3. The van der Waals surface area contributed by atoms with Crippen LogP contribution in [0.2, 0.25) is 15.1 Å². The van der Waals surface area contributed by atoms with Gasteiger partial charge in [-0.25, -0.2) is 0 Å². The van der Waals surface area contributed by atoms with Crippen LogP contribution >= 0.6 is 47.0 Å². The van der Waals surface area contributed by atoms with Gasteiger partial charge in [0.05, 0.1) is 23.4 Å². The van der Waals surface area contributed by atoms with E-state index in [1.807, 2.05) is 25.1 Å². The zero-order chi connectivity index (χ0) is 23.7. The van der Waals surface area contributed by atoms with Gasteiger partial charge in [0.1, 0.15) is 16.8 Å². The lowest BCUT2D eigenvalue weighted by Gasteiger charge is -2.14. The molecule has 1 heterocycles. The summed E-state index contributed by atoms with van der Waals surface area (Å²) < 4.78 is 5.22. The van der Waals surface area contributed by atoms with Gasteiger partial charge in [-0.1, -0.05) is 34.8 Å². The number of anilines is 1. The number of fused-ring (bicyclic) bond motifs is 1. The maximum Gasteiger partial charge on any atom is 0.261 e. The fourth-order valence-electron chi connectivity index (χ4n) is 3.15. The SMILES string of the molecule is COc1c(Cl)cc(Cl)cc1C(=O)NC(=S)Nc1cc2nn(-c3ccc(Cl)cc3)nc2cc1C. The van der Waals surface area contributed by atoms with Gasteiger partial charge in [-0.3, -0.25) is 10.1 Å². The Bertz CT molecular complexity index is 1390. The predicted molar refractivity (Wildman–Crippen MR) is 135 cm³/mol. The Kier molecular flexibility index (Phi) is 6.71. The normalized spacial score (nSPS) is 10.8. The summed E-state index contributed by atoms with van der Waals surface area (Å²) in [6.07, 6.45) is 0. The van der Waals surface area contributed by atoms with E-state index in [4.69, 9.17) is 51.8 Å². The van der Waals surface area contributed by atoms with Gasteiger partial charge in [0.25, 0.3) is 5.91 Å². The van der Waals surface area contributed by atoms with E-state index in [9.17, 15) is 4.79 Å². The lowest BCUT2D eigenvalue weighted by Crippen LogP contribution is -2.34. The van der Waals surface area contributed by atoms with E-state index in [1.54, 1.807) is 18.2 Å². The molecule has 0 fully saturated rings. The second kappa shape index (κ2) is 9.52. The molecule has 1 amide bonds. The number of nitrogens with zero attached hydrogens (tertiary/aromatic N) is 3. The van der Waals surface area contributed by atoms with E-state index in [0.29, 0.717) is 26.8 Å². The number of ether oxygens (including phenoxy) is 1. The van der Waals surface area contributed by atoms with Gasteiger partial charge in [-0.2, -0.15) is 4.80 Å². The highest BCUT2D eigenvalue weighted by molar-refractivity contribution is 7.80. The van der Waals surface area contributed by atoms with E-state index in [1.165, 1.54) is 24.0 Å². The van der Waals surface area contributed by atoms with Crippen LogP contribution < -0.4 is 15.4 Å². The van der Waals surface area contributed by atoms with E-state index >= 15 is 0 Å². The molecular formula is C22H16Cl3N5O2S. The van der Waals surface area contributed by atoms with Crippen molar-refractivity contribution in [1.82, 2.24) is 20.3 Å². The molecule has 0 aliphatic carbocycles. The molecule has 0 aliphatic rings. The van der Waals surface area contributed by atoms with Gasteiger partial charge in [0.2, 0.25) is 0 Å². The Hall–Kier alpha value is -2.91. The van der Waals surface area contributed by atoms with Crippen LogP contribution in [0.3, 0.4) is 0 Å². The van der Waals surface area contributed by atoms with E-state index in [0.717, 1.165) is 11.3 Å². The first-order valence-corrected chi connectivity index (χ1v) is 11.1. The minimum Gasteiger partial charge on any atom is -0.494 e. The summed E-state index contributed by atoms with van der Waals surface area (Å²) in [5, 5.41) is 15.9. The van der Waals surface area contributed by atoms with Crippen LogP contribution in [0.1, 0.15) is 15.9 Å². The quantitative estimate of drug-likeness (QED) is 0.330. The number of carbonyl (C=O) groups is 1. The first-order chi connectivity index (χ1) is 15.7. The molecule has 0 saturated heterocycles. The van der Waals surface area contributed by atoms with Crippen LogP contribution in [0.15, 0.2) is 48.5 Å². The van der Waals surface area contributed by atoms with E-state index in [-0.39, 0.29) is 21.4 Å². The van der Waals surface area contributed by atoms with Gasteiger partial charge in [-0.15, -0.1) is 10.2 Å². The van der Waals surface area contributed by atoms with Crippen molar-refractivity contribution >= 4 is 74.8 Å². The molecule has 11 heteroatoms. The molecule has 0 saturated carbocycles. The van der Waals surface area contributed by atoms with Crippen molar-refractivity contribution in [2.45, 2.75) is 6.92 Å². The molecule has 0 atom stereocenters. The molecule has 2 N–H and O–H groups in total. The van der Waals surface area contributed by atoms with Crippen LogP contribution in [0, 0.1) is 6.92 Å². The largest absolute Gasteiger partial charge is 0.494 e. The molecule has 4 aromatic rings. The lowest BCUT2D eigenvalue weighted by molar-refractivity contribution is 0.0975. The summed E-state index contributed by atoms with van der Waals surface area (Å²) in [5.41, 5.74) is 3.84. The third kappa shape index (κ3) is 5.04. The summed E-state index contributed by atoms with van der Waals surface area (Å²) in [5.74, 6) is -0.307. The highest BCUT2D eigenvalue weighted by Crippen LogP contribution is 2.32. The molecule has 0 unspecified atom stereocenters. The second-order valence-electron chi connectivity index (χ2n) is 7.00. The van der Waals surface area contributed by atoms with Crippen molar-refractivity contribution in [3.05, 3.63) is 74.7 Å². The summed E-state index contributed by atoms with van der Waals surface area (Å²) >= 11 is 23.4. The van der Waals surface area contributed by atoms with Crippen LogP contribution in [-0.4, -0.2) is 33.1 Å². The first-order valence-electron chi connectivity index (χ1n) is 9.54. The third-order valence-electron chi connectivity index (χ3n) is 4.72. The van der Waals surface area contributed by atoms with Crippen LogP contribution in [0.25, 0.3) is 16.7 Å². The van der Waals surface area contributed by atoms with Crippen molar-refractivity contribution in [3.8, 4) is 11.4 Å². The number of carbonyl (C=O) groups excluding carboxylic acids is 1. The Morgan fingerprint density at radius 2 is 1.67 bits per heavy atom. The van der Waals surface area contributed by atoms with Crippen molar-refractivity contribution < 1.29 is 9.53 Å². The highest BCUT2D eigenvalue weighted by atomic mass is 35.5. The number of aryl methyl sites for hydroxylation is 1. The molecule has 7 nitrogen and oxygen atoms in total. The molecule has 3 aromatic carbocycles. The van der Waals surface area contributed by atoms with Crippen molar-refractivity contribution in [3.63, 3.8) is 0 Å². The van der Waals surface area contributed by atoms with Crippen LogP contribution in [-0.2, 0) is 0 Å². The fourth-order valence-corrected chi connectivity index (χ4v) is 4.05. The number of hydrogen-bond donors (Lipinski definition) is 2. The summed E-state index contributed by atoms with van der Waals surface area (Å²) in [7, 11) is 1.41. The molecule has 1 aromatic heterocycles. The number of hydrogen-bond acceptors (Lipinski definition) is 5. The molecule has 4 rings (SSSR count). The number of benzene rings is 3. The second-order valence-corrected chi connectivity index (χ2v) is 8.69. The smallest absolute Gasteiger partial charge is 0.261 e. The monoisotopic (exact) mass is 519 g/mol. The number of thiocarbonyl (C=S) groups is 1. The maximum absolute atomic E-state index is 12.7.